The van der Waals surface area contributed by atoms with Gasteiger partial charge in [-0.15, -0.1) is 0 Å². The van der Waals surface area contributed by atoms with Gasteiger partial charge in [-0.05, 0) is 17.7 Å². The average molecular weight is 193 g/mol. The van der Waals surface area contributed by atoms with Crippen molar-refractivity contribution in [2.75, 3.05) is 14.2 Å². The molecule has 0 fully saturated rings. The lowest BCUT2D eigenvalue weighted by Gasteiger charge is -2.06. The first-order valence-corrected chi connectivity index (χ1v) is 4.45. The first kappa shape index (κ1) is 10.6. The molecule has 0 spiro atoms. The molecule has 0 aromatic heterocycles. The van der Waals surface area contributed by atoms with Crippen LogP contribution in [0, 0.1) is 0 Å². The van der Waals surface area contributed by atoms with E-state index in [4.69, 9.17) is 9.47 Å². The van der Waals surface area contributed by atoms with Crippen LogP contribution in [-0.4, -0.2) is 20.1 Å². The molecular weight excluding hydrogens is 178 g/mol. The zero-order valence-electron chi connectivity index (χ0n) is 8.78. The molecule has 0 radical (unpaired) electrons. The van der Waals surface area contributed by atoms with Gasteiger partial charge in [-0.3, -0.25) is 4.99 Å². The van der Waals surface area contributed by atoms with Crippen molar-refractivity contribution in [3.8, 4) is 5.75 Å². The standard InChI is InChI=1S/C11H15NO2/c1-9(12-2)14-8-10-5-4-6-11(7-10)13-3/h4-7H,8H2,1-3H3. The van der Waals surface area contributed by atoms with E-state index in [9.17, 15) is 0 Å². The second-order valence-corrected chi connectivity index (χ2v) is 2.88. The number of hydrogen-bond acceptors (Lipinski definition) is 3. The number of nitrogens with zero attached hydrogens (tertiary/aromatic N) is 1. The van der Waals surface area contributed by atoms with Crippen molar-refractivity contribution >= 4 is 5.90 Å². The third-order valence-electron chi connectivity index (χ3n) is 1.90. The maximum Gasteiger partial charge on any atom is 0.180 e. The summed E-state index contributed by atoms with van der Waals surface area (Å²) in [6.45, 7) is 2.36. The summed E-state index contributed by atoms with van der Waals surface area (Å²) in [6.07, 6.45) is 0. The Balaban J connectivity index is 2.58. The maximum absolute atomic E-state index is 5.37. The van der Waals surface area contributed by atoms with Crippen LogP contribution in [-0.2, 0) is 11.3 Å². The van der Waals surface area contributed by atoms with Gasteiger partial charge in [0.25, 0.3) is 0 Å². The molecule has 0 unspecified atom stereocenters. The van der Waals surface area contributed by atoms with E-state index >= 15 is 0 Å². The Morgan fingerprint density at radius 3 is 2.86 bits per heavy atom. The van der Waals surface area contributed by atoms with Crippen LogP contribution in [0.15, 0.2) is 29.3 Å². The number of aliphatic imine (C=N–C) groups is 1. The number of ether oxygens (including phenoxy) is 2. The Morgan fingerprint density at radius 1 is 1.43 bits per heavy atom. The monoisotopic (exact) mass is 193 g/mol. The normalized spacial score (nSPS) is 11.2. The summed E-state index contributed by atoms with van der Waals surface area (Å²) in [6, 6.07) is 7.79. The molecule has 0 amide bonds. The van der Waals surface area contributed by atoms with E-state index in [-0.39, 0.29) is 0 Å². The van der Waals surface area contributed by atoms with E-state index < -0.39 is 0 Å². The molecule has 0 aliphatic rings. The second-order valence-electron chi connectivity index (χ2n) is 2.88. The summed E-state index contributed by atoms with van der Waals surface area (Å²) in [4.78, 5) is 3.91. The smallest absolute Gasteiger partial charge is 0.180 e. The predicted molar refractivity (Wildman–Crippen MR) is 56.8 cm³/mol. The molecule has 3 heteroatoms. The quantitative estimate of drug-likeness (QED) is 0.544. The van der Waals surface area contributed by atoms with Crippen molar-refractivity contribution in [1.29, 1.82) is 0 Å². The van der Waals surface area contributed by atoms with Gasteiger partial charge >= 0.3 is 0 Å². The molecule has 0 aliphatic carbocycles. The van der Waals surface area contributed by atoms with Crippen LogP contribution in [0.25, 0.3) is 0 Å². The van der Waals surface area contributed by atoms with Gasteiger partial charge in [0.15, 0.2) is 5.90 Å². The fraction of sp³-hybridized carbons (Fsp3) is 0.364. The van der Waals surface area contributed by atoms with Gasteiger partial charge in [0.1, 0.15) is 12.4 Å². The first-order chi connectivity index (χ1) is 6.76. The molecule has 0 heterocycles. The van der Waals surface area contributed by atoms with Gasteiger partial charge in [0.05, 0.1) is 7.11 Å². The summed E-state index contributed by atoms with van der Waals surface area (Å²) in [5.41, 5.74) is 1.08. The van der Waals surface area contributed by atoms with Crippen molar-refractivity contribution in [3.05, 3.63) is 29.8 Å². The van der Waals surface area contributed by atoms with Crippen LogP contribution in [0.5, 0.6) is 5.75 Å². The van der Waals surface area contributed by atoms with Crippen molar-refractivity contribution in [2.24, 2.45) is 4.99 Å². The first-order valence-electron chi connectivity index (χ1n) is 4.45. The molecule has 0 atom stereocenters. The van der Waals surface area contributed by atoms with Crippen molar-refractivity contribution in [1.82, 2.24) is 0 Å². The van der Waals surface area contributed by atoms with E-state index in [1.807, 2.05) is 31.2 Å². The Hall–Kier alpha value is -1.51. The molecule has 1 aromatic carbocycles. The molecule has 14 heavy (non-hydrogen) atoms. The van der Waals surface area contributed by atoms with Crippen molar-refractivity contribution in [2.45, 2.75) is 13.5 Å². The van der Waals surface area contributed by atoms with Crippen LogP contribution in [0.3, 0.4) is 0 Å². The topological polar surface area (TPSA) is 30.8 Å². The second kappa shape index (κ2) is 5.27. The van der Waals surface area contributed by atoms with E-state index in [1.54, 1.807) is 14.2 Å². The Labute approximate surface area is 84.4 Å². The van der Waals surface area contributed by atoms with Crippen LogP contribution >= 0.6 is 0 Å². The van der Waals surface area contributed by atoms with Crippen LogP contribution in [0.2, 0.25) is 0 Å². The van der Waals surface area contributed by atoms with E-state index in [2.05, 4.69) is 4.99 Å². The van der Waals surface area contributed by atoms with Gasteiger partial charge in [0.2, 0.25) is 0 Å². The van der Waals surface area contributed by atoms with Crippen LogP contribution < -0.4 is 4.74 Å². The highest BCUT2D eigenvalue weighted by Gasteiger charge is 1.96. The highest BCUT2D eigenvalue weighted by molar-refractivity contribution is 5.72. The molecule has 0 N–H and O–H groups in total. The number of rotatable bonds is 3. The average Bonchev–Trinajstić information content (AvgIpc) is 2.26. The highest BCUT2D eigenvalue weighted by Crippen LogP contribution is 2.13. The minimum absolute atomic E-state index is 0.528. The molecule has 0 bridgehead atoms. The maximum atomic E-state index is 5.37. The number of methoxy groups -OCH3 is 1. The molecule has 1 aromatic rings. The van der Waals surface area contributed by atoms with Crippen molar-refractivity contribution < 1.29 is 9.47 Å². The predicted octanol–water partition coefficient (Wildman–Crippen LogP) is 2.26. The third kappa shape index (κ3) is 3.09. The lowest BCUT2D eigenvalue weighted by atomic mass is 10.2. The lowest BCUT2D eigenvalue weighted by molar-refractivity contribution is 0.288. The summed E-state index contributed by atoms with van der Waals surface area (Å²) >= 11 is 0. The Bertz CT molecular complexity index is 321. The summed E-state index contributed by atoms with van der Waals surface area (Å²) < 4.78 is 10.5. The highest BCUT2D eigenvalue weighted by atomic mass is 16.5. The largest absolute Gasteiger partial charge is 0.497 e. The van der Waals surface area contributed by atoms with E-state index in [0.717, 1.165) is 11.3 Å². The fourth-order valence-electron chi connectivity index (χ4n) is 1.01. The summed E-state index contributed by atoms with van der Waals surface area (Å²) in [5, 5.41) is 0. The number of hydrogen-bond donors (Lipinski definition) is 0. The van der Waals surface area contributed by atoms with Gasteiger partial charge < -0.3 is 9.47 Å². The van der Waals surface area contributed by atoms with E-state index in [0.29, 0.717) is 12.5 Å². The van der Waals surface area contributed by atoms with Gasteiger partial charge in [-0.2, -0.15) is 0 Å². The summed E-state index contributed by atoms with van der Waals surface area (Å²) in [7, 11) is 3.36. The Morgan fingerprint density at radius 2 is 2.21 bits per heavy atom. The molecule has 76 valence electrons. The fourth-order valence-corrected chi connectivity index (χ4v) is 1.01. The van der Waals surface area contributed by atoms with Gasteiger partial charge in [-0.1, -0.05) is 12.1 Å². The third-order valence-corrected chi connectivity index (χ3v) is 1.90. The SMILES string of the molecule is CN=C(C)OCc1cccc(OC)c1. The molecule has 0 saturated heterocycles. The van der Waals surface area contributed by atoms with Crippen molar-refractivity contribution in [3.63, 3.8) is 0 Å². The minimum atomic E-state index is 0.528. The molecule has 3 nitrogen and oxygen atoms in total. The molecular formula is C11H15NO2. The van der Waals surface area contributed by atoms with Crippen LogP contribution in [0.1, 0.15) is 12.5 Å². The zero-order chi connectivity index (χ0) is 10.4. The van der Waals surface area contributed by atoms with Crippen LogP contribution in [0.4, 0.5) is 0 Å². The van der Waals surface area contributed by atoms with E-state index in [1.165, 1.54) is 0 Å². The summed E-state index contributed by atoms with van der Waals surface area (Å²) in [5.74, 6) is 1.53. The molecule has 0 aliphatic heterocycles. The zero-order valence-corrected chi connectivity index (χ0v) is 8.78. The lowest BCUT2D eigenvalue weighted by Crippen LogP contribution is -1.99. The Kier molecular flexibility index (Phi) is 3.98. The molecule has 1 rings (SSSR count). The number of benzene rings is 1. The minimum Gasteiger partial charge on any atom is -0.497 e. The van der Waals surface area contributed by atoms with Gasteiger partial charge in [0, 0.05) is 14.0 Å². The molecule has 0 saturated carbocycles. The van der Waals surface area contributed by atoms with Gasteiger partial charge in [-0.25, -0.2) is 0 Å².